The van der Waals surface area contributed by atoms with E-state index in [9.17, 15) is 0 Å². The van der Waals surface area contributed by atoms with E-state index < -0.39 is 0 Å². The van der Waals surface area contributed by atoms with Crippen LogP contribution in [0.5, 0.6) is 0 Å². The molecular weight excluding hydrogens is 81.0 g/mol. The third kappa shape index (κ3) is 0.614. The molecule has 1 atom stereocenters. The van der Waals surface area contributed by atoms with Crippen molar-refractivity contribution < 1.29 is 0 Å². The molecule has 0 aromatic carbocycles. The van der Waals surface area contributed by atoms with Crippen LogP contribution in [-0.2, 0) is 0 Å². The SMILES string of the molecule is PC1CNC1. The molecule has 0 radical (unpaired) electrons. The van der Waals surface area contributed by atoms with Gasteiger partial charge in [0.25, 0.3) is 0 Å². The highest BCUT2D eigenvalue weighted by Crippen LogP contribution is 2.01. The lowest BCUT2D eigenvalue weighted by molar-refractivity contribution is 0.543. The lowest BCUT2D eigenvalue weighted by Gasteiger charge is -2.21. The van der Waals surface area contributed by atoms with Gasteiger partial charge < -0.3 is 5.32 Å². The first-order valence-electron chi connectivity index (χ1n) is 1.86. The van der Waals surface area contributed by atoms with Crippen molar-refractivity contribution in [3.8, 4) is 0 Å². The van der Waals surface area contributed by atoms with Crippen LogP contribution in [0.15, 0.2) is 0 Å². The minimum absolute atomic E-state index is 0.870. The van der Waals surface area contributed by atoms with E-state index in [-0.39, 0.29) is 0 Å². The Hall–Kier alpha value is 0.390. The van der Waals surface area contributed by atoms with Crippen molar-refractivity contribution in [2.75, 3.05) is 13.1 Å². The molecule has 0 aromatic heterocycles. The topological polar surface area (TPSA) is 12.0 Å². The molecular formula is C3H8NP. The van der Waals surface area contributed by atoms with Gasteiger partial charge in [-0.1, -0.05) is 0 Å². The minimum atomic E-state index is 0.870. The summed E-state index contributed by atoms with van der Waals surface area (Å²) in [5.74, 6) is 0. The summed E-state index contributed by atoms with van der Waals surface area (Å²) in [5.41, 5.74) is 0.870. The number of hydrogen-bond acceptors (Lipinski definition) is 1. The largest absolute Gasteiger partial charge is 0.315 e. The molecule has 1 fully saturated rings. The van der Waals surface area contributed by atoms with Crippen LogP contribution in [0.4, 0.5) is 0 Å². The highest BCUT2D eigenvalue weighted by atomic mass is 31.0. The standard InChI is InChI=1S/C3H8NP/c5-3-1-4-2-3/h3-4H,1-2,5H2. The number of hydrogen-bond donors (Lipinski definition) is 1. The van der Waals surface area contributed by atoms with E-state index >= 15 is 0 Å². The van der Waals surface area contributed by atoms with Crippen molar-refractivity contribution in [1.82, 2.24) is 5.32 Å². The molecule has 5 heavy (non-hydrogen) atoms. The van der Waals surface area contributed by atoms with Crippen LogP contribution in [0.3, 0.4) is 0 Å². The second-order valence-electron chi connectivity index (χ2n) is 1.42. The van der Waals surface area contributed by atoms with Crippen LogP contribution in [0.2, 0.25) is 0 Å². The van der Waals surface area contributed by atoms with E-state index in [4.69, 9.17) is 0 Å². The molecule has 0 aliphatic carbocycles. The second-order valence-corrected chi connectivity index (χ2v) is 2.36. The number of nitrogens with one attached hydrogen (secondary N) is 1. The molecule has 1 rings (SSSR count). The summed E-state index contributed by atoms with van der Waals surface area (Å²) in [6.07, 6.45) is 0. The summed E-state index contributed by atoms with van der Waals surface area (Å²) in [6, 6.07) is 0. The summed E-state index contributed by atoms with van der Waals surface area (Å²) < 4.78 is 0. The van der Waals surface area contributed by atoms with E-state index in [1.807, 2.05) is 0 Å². The summed E-state index contributed by atoms with van der Waals surface area (Å²) >= 11 is 0. The fourth-order valence-corrected chi connectivity index (χ4v) is 0.644. The van der Waals surface area contributed by atoms with Crippen molar-refractivity contribution in [2.45, 2.75) is 5.66 Å². The Morgan fingerprint density at radius 2 is 2.00 bits per heavy atom. The molecule has 2 heteroatoms. The van der Waals surface area contributed by atoms with Gasteiger partial charge in [-0.2, -0.15) is 0 Å². The highest BCUT2D eigenvalue weighted by Gasteiger charge is 2.08. The predicted molar refractivity (Wildman–Crippen MR) is 26.4 cm³/mol. The van der Waals surface area contributed by atoms with E-state index in [0.717, 1.165) is 5.66 Å². The third-order valence-corrected chi connectivity index (χ3v) is 1.28. The van der Waals surface area contributed by atoms with E-state index in [2.05, 4.69) is 14.6 Å². The summed E-state index contributed by atoms with van der Waals surface area (Å²) in [4.78, 5) is 0. The van der Waals surface area contributed by atoms with Gasteiger partial charge in [-0.25, -0.2) is 0 Å². The number of rotatable bonds is 0. The van der Waals surface area contributed by atoms with Crippen molar-refractivity contribution in [2.24, 2.45) is 0 Å². The highest BCUT2D eigenvalue weighted by molar-refractivity contribution is 7.17. The normalized spacial score (nSPS) is 25.8. The first kappa shape index (κ1) is 3.58. The van der Waals surface area contributed by atoms with Gasteiger partial charge in [0, 0.05) is 13.1 Å². The van der Waals surface area contributed by atoms with Crippen LogP contribution in [0.1, 0.15) is 0 Å². The summed E-state index contributed by atoms with van der Waals surface area (Å²) in [7, 11) is 2.76. The Kier molecular flexibility index (Phi) is 0.884. The first-order chi connectivity index (χ1) is 2.39. The molecule has 1 heterocycles. The Morgan fingerprint density at radius 3 is 2.00 bits per heavy atom. The molecule has 0 spiro atoms. The maximum absolute atomic E-state index is 3.14. The fraction of sp³-hybridized carbons (Fsp3) is 1.00. The zero-order chi connectivity index (χ0) is 3.70. The van der Waals surface area contributed by atoms with Crippen molar-refractivity contribution in [3.05, 3.63) is 0 Å². The second kappa shape index (κ2) is 1.24. The Balaban J connectivity index is 2.08. The Labute approximate surface area is 34.3 Å². The Bertz CT molecular complexity index is 33.9. The average molecular weight is 89.1 g/mol. The van der Waals surface area contributed by atoms with Crippen molar-refractivity contribution in [1.29, 1.82) is 0 Å². The zero-order valence-corrected chi connectivity index (χ0v) is 4.22. The fourth-order valence-electron chi connectivity index (χ4n) is 0.311. The van der Waals surface area contributed by atoms with Crippen LogP contribution >= 0.6 is 9.24 Å². The molecule has 1 N–H and O–H groups in total. The zero-order valence-electron chi connectivity index (χ0n) is 3.07. The van der Waals surface area contributed by atoms with Gasteiger partial charge in [0.1, 0.15) is 0 Å². The molecule has 1 saturated heterocycles. The first-order valence-corrected chi connectivity index (χ1v) is 2.52. The van der Waals surface area contributed by atoms with Crippen molar-refractivity contribution >= 4 is 9.24 Å². The lowest BCUT2D eigenvalue weighted by Crippen LogP contribution is -2.42. The van der Waals surface area contributed by atoms with Gasteiger partial charge in [-0.3, -0.25) is 0 Å². The van der Waals surface area contributed by atoms with Gasteiger partial charge >= 0.3 is 0 Å². The summed E-state index contributed by atoms with van der Waals surface area (Å²) in [6.45, 7) is 2.40. The summed E-state index contributed by atoms with van der Waals surface area (Å²) in [5, 5.41) is 3.14. The van der Waals surface area contributed by atoms with Gasteiger partial charge in [-0.15, -0.1) is 9.24 Å². The molecule has 0 bridgehead atoms. The molecule has 0 amide bonds. The van der Waals surface area contributed by atoms with E-state index in [0.29, 0.717) is 0 Å². The van der Waals surface area contributed by atoms with E-state index in [1.54, 1.807) is 0 Å². The van der Waals surface area contributed by atoms with Gasteiger partial charge in [-0.05, 0) is 5.66 Å². The minimum Gasteiger partial charge on any atom is -0.315 e. The Morgan fingerprint density at radius 1 is 1.60 bits per heavy atom. The van der Waals surface area contributed by atoms with Gasteiger partial charge in [0.2, 0.25) is 0 Å². The third-order valence-electron chi connectivity index (χ3n) is 0.813. The monoisotopic (exact) mass is 89.0 g/mol. The molecule has 0 aromatic rings. The van der Waals surface area contributed by atoms with Gasteiger partial charge in [0.05, 0.1) is 0 Å². The predicted octanol–water partition coefficient (Wildman–Crippen LogP) is -0.167. The van der Waals surface area contributed by atoms with Crippen LogP contribution in [0, 0.1) is 0 Å². The maximum Gasteiger partial charge on any atom is 0.00266 e. The van der Waals surface area contributed by atoms with E-state index in [1.165, 1.54) is 13.1 Å². The van der Waals surface area contributed by atoms with Crippen LogP contribution in [-0.4, -0.2) is 18.7 Å². The molecule has 0 saturated carbocycles. The maximum atomic E-state index is 3.14. The van der Waals surface area contributed by atoms with Crippen LogP contribution in [0.25, 0.3) is 0 Å². The average Bonchev–Trinajstić information content (AvgIpc) is 1.30. The quantitative estimate of drug-likeness (QED) is 0.406. The molecule has 1 nitrogen and oxygen atoms in total. The molecule has 1 aliphatic rings. The molecule has 1 unspecified atom stereocenters. The molecule has 30 valence electrons. The van der Waals surface area contributed by atoms with Crippen LogP contribution < -0.4 is 5.32 Å². The molecule has 1 aliphatic heterocycles. The van der Waals surface area contributed by atoms with Crippen molar-refractivity contribution in [3.63, 3.8) is 0 Å². The lowest BCUT2D eigenvalue weighted by atomic mass is 10.3. The smallest absolute Gasteiger partial charge is 0.00266 e. The van der Waals surface area contributed by atoms with Gasteiger partial charge in [0.15, 0.2) is 0 Å².